The number of anilines is 1. The molecule has 0 bridgehead atoms. The van der Waals surface area contributed by atoms with Gasteiger partial charge in [0.05, 0.1) is 6.33 Å². The maximum atomic E-state index is 12.4. The Morgan fingerprint density at radius 3 is 2.64 bits per heavy atom. The third-order valence-corrected chi connectivity index (χ3v) is 4.49. The van der Waals surface area contributed by atoms with Gasteiger partial charge >= 0.3 is 5.69 Å². The largest absolute Gasteiger partial charge is 0.332 e. The lowest BCUT2D eigenvalue weighted by molar-refractivity contribution is -0.116. The van der Waals surface area contributed by atoms with Crippen molar-refractivity contribution in [3.8, 4) is 0 Å². The Hall–Kier alpha value is -2.68. The second-order valence-electron chi connectivity index (χ2n) is 5.76. The van der Waals surface area contributed by atoms with Crippen LogP contribution in [0.1, 0.15) is 5.56 Å². The fourth-order valence-corrected chi connectivity index (χ4v) is 3.10. The zero-order valence-corrected chi connectivity index (χ0v) is 15.5. The van der Waals surface area contributed by atoms with Crippen LogP contribution < -0.4 is 16.6 Å². The van der Waals surface area contributed by atoms with E-state index in [1.807, 2.05) is 19.1 Å². The molecule has 1 amide bonds. The number of hydrogen-bond acceptors (Lipinski definition) is 4. The molecule has 0 radical (unpaired) electrons. The van der Waals surface area contributed by atoms with Crippen molar-refractivity contribution >= 4 is 38.7 Å². The molecular weight excluding hydrogens is 390 g/mol. The van der Waals surface area contributed by atoms with Gasteiger partial charge in [-0.1, -0.05) is 15.9 Å². The molecule has 1 N–H and O–H groups in total. The summed E-state index contributed by atoms with van der Waals surface area (Å²) in [5.74, 6) is -0.291. The molecule has 0 fully saturated rings. The summed E-state index contributed by atoms with van der Waals surface area (Å²) in [4.78, 5) is 40.8. The second-order valence-corrected chi connectivity index (χ2v) is 6.67. The molecule has 0 aliphatic heterocycles. The maximum Gasteiger partial charge on any atom is 0.332 e. The van der Waals surface area contributed by atoms with Crippen molar-refractivity contribution in [3.05, 3.63) is 55.4 Å². The van der Waals surface area contributed by atoms with E-state index in [2.05, 4.69) is 26.2 Å². The van der Waals surface area contributed by atoms with Crippen LogP contribution in [0.2, 0.25) is 0 Å². The Balaban J connectivity index is 1.94. The van der Waals surface area contributed by atoms with E-state index in [4.69, 9.17) is 0 Å². The summed E-state index contributed by atoms with van der Waals surface area (Å²) in [5.41, 5.74) is 1.13. The third kappa shape index (κ3) is 3.02. The highest BCUT2D eigenvalue weighted by Crippen LogP contribution is 2.20. The predicted molar refractivity (Wildman–Crippen MR) is 97.7 cm³/mol. The number of aromatic nitrogens is 4. The van der Waals surface area contributed by atoms with Crippen molar-refractivity contribution in [3.63, 3.8) is 0 Å². The van der Waals surface area contributed by atoms with Crippen LogP contribution in [0.3, 0.4) is 0 Å². The van der Waals surface area contributed by atoms with Crippen molar-refractivity contribution < 1.29 is 4.79 Å². The summed E-state index contributed by atoms with van der Waals surface area (Å²) in [6.07, 6.45) is 1.39. The molecule has 3 aromatic rings. The third-order valence-electron chi connectivity index (χ3n) is 3.99. The highest BCUT2D eigenvalue weighted by Gasteiger charge is 2.16. The molecular formula is C16H16BrN5O3. The van der Waals surface area contributed by atoms with Crippen molar-refractivity contribution in [2.45, 2.75) is 13.5 Å². The number of aryl methyl sites for hydroxylation is 2. The van der Waals surface area contributed by atoms with Gasteiger partial charge in [-0.3, -0.25) is 18.7 Å². The van der Waals surface area contributed by atoms with Gasteiger partial charge in [0, 0.05) is 24.3 Å². The van der Waals surface area contributed by atoms with Gasteiger partial charge in [-0.15, -0.1) is 0 Å². The number of carbonyl (C=O) groups is 1. The van der Waals surface area contributed by atoms with Crippen LogP contribution in [0.25, 0.3) is 11.2 Å². The predicted octanol–water partition coefficient (Wildman–Crippen LogP) is 1.14. The summed E-state index contributed by atoms with van der Waals surface area (Å²) in [7, 11) is 2.93. The highest BCUT2D eigenvalue weighted by molar-refractivity contribution is 9.10. The van der Waals surface area contributed by atoms with Crippen LogP contribution in [-0.4, -0.2) is 24.6 Å². The molecule has 3 rings (SSSR count). The standard InChI is InChI=1S/C16H16BrN5O3/c1-9-6-10(17)4-5-11(9)19-12(23)7-22-8-18-14-13(22)15(24)21(3)16(25)20(14)2/h4-6,8H,7H2,1-3H3,(H,19,23). The Morgan fingerprint density at radius 1 is 1.24 bits per heavy atom. The van der Waals surface area contributed by atoms with Gasteiger partial charge in [-0.25, -0.2) is 9.78 Å². The smallest absolute Gasteiger partial charge is 0.324 e. The van der Waals surface area contributed by atoms with Crippen LogP contribution in [-0.2, 0) is 25.4 Å². The summed E-state index contributed by atoms with van der Waals surface area (Å²) in [5, 5.41) is 2.81. The average molecular weight is 406 g/mol. The molecule has 25 heavy (non-hydrogen) atoms. The van der Waals surface area contributed by atoms with Crippen LogP contribution in [0.5, 0.6) is 0 Å². The van der Waals surface area contributed by atoms with E-state index in [0.29, 0.717) is 5.69 Å². The van der Waals surface area contributed by atoms with Crippen molar-refractivity contribution in [2.24, 2.45) is 14.1 Å². The Bertz CT molecular complexity index is 1110. The Labute approximate surface area is 150 Å². The molecule has 130 valence electrons. The number of carbonyl (C=O) groups excluding carboxylic acids is 1. The van der Waals surface area contributed by atoms with E-state index in [0.717, 1.165) is 14.6 Å². The zero-order valence-electron chi connectivity index (χ0n) is 13.9. The first-order valence-corrected chi connectivity index (χ1v) is 8.25. The first kappa shape index (κ1) is 17.2. The van der Waals surface area contributed by atoms with E-state index in [9.17, 15) is 14.4 Å². The SMILES string of the molecule is Cc1cc(Br)ccc1NC(=O)Cn1cnc2c1c(=O)n(C)c(=O)n2C. The topological polar surface area (TPSA) is 90.9 Å². The van der Waals surface area contributed by atoms with E-state index in [-0.39, 0.29) is 23.6 Å². The number of benzene rings is 1. The summed E-state index contributed by atoms with van der Waals surface area (Å²) >= 11 is 3.38. The van der Waals surface area contributed by atoms with Crippen LogP contribution >= 0.6 is 15.9 Å². The molecule has 8 nitrogen and oxygen atoms in total. The quantitative estimate of drug-likeness (QED) is 0.707. The number of hydrogen-bond donors (Lipinski definition) is 1. The molecule has 2 heterocycles. The minimum absolute atomic E-state index is 0.0839. The Kier molecular flexibility index (Phi) is 4.34. The summed E-state index contributed by atoms with van der Waals surface area (Å²) in [6, 6.07) is 5.53. The average Bonchev–Trinajstić information content (AvgIpc) is 2.97. The number of imidazole rings is 1. The number of amides is 1. The van der Waals surface area contributed by atoms with Crippen LogP contribution in [0.4, 0.5) is 5.69 Å². The van der Waals surface area contributed by atoms with E-state index in [1.165, 1.54) is 29.6 Å². The number of fused-ring (bicyclic) bond motifs is 1. The van der Waals surface area contributed by atoms with Crippen LogP contribution in [0.15, 0.2) is 38.6 Å². The van der Waals surface area contributed by atoms with E-state index < -0.39 is 11.2 Å². The van der Waals surface area contributed by atoms with Crippen molar-refractivity contribution in [1.82, 2.24) is 18.7 Å². The number of halogens is 1. The number of nitrogens with zero attached hydrogens (tertiary/aromatic N) is 4. The van der Waals surface area contributed by atoms with Gasteiger partial charge in [0.15, 0.2) is 11.2 Å². The van der Waals surface area contributed by atoms with E-state index in [1.54, 1.807) is 6.07 Å². The van der Waals surface area contributed by atoms with Gasteiger partial charge in [0.25, 0.3) is 5.56 Å². The fourth-order valence-electron chi connectivity index (χ4n) is 2.63. The lowest BCUT2D eigenvalue weighted by atomic mass is 10.2. The molecule has 9 heteroatoms. The molecule has 2 aromatic heterocycles. The first-order valence-electron chi connectivity index (χ1n) is 7.46. The molecule has 1 aromatic carbocycles. The molecule has 0 spiro atoms. The van der Waals surface area contributed by atoms with Gasteiger partial charge in [-0.2, -0.15) is 0 Å². The second kappa shape index (κ2) is 6.32. The lowest BCUT2D eigenvalue weighted by Crippen LogP contribution is -2.37. The highest BCUT2D eigenvalue weighted by atomic mass is 79.9. The fraction of sp³-hybridized carbons (Fsp3) is 0.250. The molecule has 0 atom stereocenters. The van der Waals surface area contributed by atoms with Crippen molar-refractivity contribution in [2.75, 3.05) is 5.32 Å². The van der Waals surface area contributed by atoms with Gasteiger partial charge in [0.2, 0.25) is 5.91 Å². The molecule has 0 saturated heterocycles. The lowest BCUT2D eigenvalue weighted by Gasteiger charge is -2.10. The van der Waals surface area contributed by atoms with Crippen molar-refractivity contribution in [1.29, 1.82) is 0 Å². The van der Waals surface area contributed by atoms with Gasteiger partial charge < -0.3 is 9.88 Å². The zero-order chi connectivity index (χ0) is 18.3. The molecule has 0 saturated carbocycles. The maximum absolute atomic E-state index is 12.4. The number of rotatable bonds is 3. The van der Waals surface area contributed by atoms with Gasteiger partial charge in [0.1, 0.15) is 6.54 Å². The summed E-state index contributed by atoms with van der Waals surface area (Å²) < 4.78 is 4.65. The minimum atomic E-state index is -0.483. The number of nitrogens with one attached hydrogen (secondary N) is 1. The molecule has 0 unspecified atom stereocenters. The van der Waals surface area contributed by atoms with Crippen LogP contribution in [0, 0.1) is 6.92 Å². The normalized spacial score (nSPS) is 11.0. The summed E-state index contributed by atoms with van der Waals surface area (Å²) in [6.45, 7) is 1.80. The Morgan fingerprint density at radius 2 is 1.96 bits per heavy atom. The molecule has 0 aliphatic carbocycles. The monoisotopic (exact) mass is 405 g/mol. The van der Waals surface area contributed by atoms with Gasteiger partial charge in [-0.05, 0) is 30.7 Å². The minimum Gasteiger partial charge on any atom is -0.324 e. The first-order chi connectivity index (χ1) is 11.8. The van der Waals surface area contributed by atoms with E-state index >= 15 is 0 Å². The molecule has 0 aliphatic rings.